The first-order valence-electron chi connectivity index (χ1n) is 8.64. The molecule has 8 atom stereocenters. The zero-order valence-electron chi connectivity index (χ0n) is 17.3. The van der Waals surface area contributed by atoms with Crippen molar-refractivity contribution in [2.45, 2.75) is 30.8 Å². The minimum absolute atomic E-state index is 0. The van der Waals surface area contributed by atoms with Crippen molar-refractivity contribution < 1.29 is 101 Å². The molecule has 1 saturated heterocycles. The topological polar surface area (TPSA) is 295 Å². The Morgan fingerprint density at radius 2 is 1.85 bits per heavy atom. The molecule has 1 aromatic rings. The van der Waals surface area contributed by atoms with E-state index in [1.54, 1.807) is 0 Å². The van der Waals surface area contributed by atoms with E-state index in [1.807, 2.05) is 0 Å². The van der Waals surface area contributed by atoms with Gasteiger partial charge in [0.15, 0.2) is 12.0 Å². The van der Waals surface area contributed by atoms with Crippen molar-refractivity contribution in [2.75, 3.05) is 11.9 Å². The van der Waals surface area contributed by atoms with Gasteiger partial charge in [-0.25, -0.2) is 28.3 Å². The van der Waals surface area contributed by atoms with Crippen LogP contribution in [0.4, 0.5) is 5.82 Å². The van der Waals surface area contributed by atoms with E-state index in [0.29, 0.717) is 0 Å². The van der Waals surface area contributed by atoms with Crippen LogP contribution in [-0.4, -0.2) is 60.3 Å². The van der Waals surface area contributed by atoms with Crippen LogP contribution in [-0.2, 0) is 38.6 Å². The molecule has 3 rings (SSSR count). The number of nitrogens with zero attached hydrogens (tertiary/aromatic N) is 3. The number of aliphatic imine (C=N–C) groups is 1. The number of imidazole rings is 1. The van der Waals surface area contributed by atoms with Gasteiger partial charge in [0.2, 0.25) is 6.23 Å². The molecule has 0 saturated carbocycles. The molecule has 0 aromatic carbocycles. The van der Waals surface area contributed by atoms with Crippen molar-refractivity contribution in [1.82, 2.24) is 4.57 Å². The number of fused-ring (bicyclic) bond motifs is 1. The maximum atomic E-state index is 12.2. The molecule has 4 unspecified atom stereocenters. The van der Waals surface area contributed by atoms with Crippen LogP contribution in [0, 0.1) is 0 Å². The molecule has 188 valence electrons. The summed E-state index contributed by atoms with van der Waals surface area (Å²) in [5.74, 6) is -0.113. The first-order chi connectivity index (χ1) is 15.0. The van der Waals surface area contributed by atoms with Crippen molar-refractivity contribution >= 4 is 35.2 Å². The van der Waals surface area contributed by atoms with E-state index in [1.165, 1.54) is 22.5 Å². The molecule has 0 radical (unpaired) electrons. The van der Waals surface area contributed by atoms with Crippen molar-refractivity contribution in [3.8, 4) is 0 Å². The number of guanidine groups is 1. The first-order valence-corrected chi connectivity index (χ1v) is 13.1. The van der Waals surface area contributed by atoms with Crippen molar-refractivity contribution in [2.24, 2.45) is 17.8 Å². The van der Waals surface area contributed by atoms with Crippen LogP contribution in [0.2, 0.25) is 0 Å². The molecule has 0 amide bonds. The van der Waals surface area contributed by atoms with Gasteiger partial charge in [0.25, 0.3) is 19.6 Å². The molecule has 0 aliphatic carbocycles. The van der Waals surface area contributed by atoms with Gasteiger partial charge in [-0.1, -0.05) is 0 Å². The van der Waals surface area contributed by atoms with E-state index in [-0.39, 0.29) is 47.0 Å². The van der Waals surface area contributed by atoms with Crippen LogP contribution in [0.25, 0.3) is 0 Å². The molecule has 0 spiro atoms. The zero-order chi connectivity index (χ0) is 24.9. The third kappa shape index (κ3) is 6.94. The molecule has 23 heteroatoms. The number of anilines is 1. The zero-order valence-corrected chi connectivity index (χ0v) is 22.0. The van der Waals surface area contributed by atoms with Gasteiger partial charge in [0.05, 0.1) is 13.7 Å². The largest absolute Gasteiger partial charge is 1.00 e. The third-order valence-corrected chi connectivity index (χ3v) is 8.12. The summed E-state index contributed by atoms with van der Waals surface area (Å²) >= 11 is 0. The van der Waals surface area contributed by atoms with E-state index in [4.69, 9.17) is 20.3 Å². The number of aryl methyl sites for hydroxylation is 1. The van der Waals surface area contributed by atoms with Crippen LogP contribution < -0.4 is 55.2 Å². The second-order valence-electron chi connectivity index (χ2n) is 6.77. The van der Waals surface area contributed by atoms with Gasteiger partial charge >= 0.3 is 45.2 Å². The van der Waals surface area contributed by atoms with E-state index in [0.717, 1.165) is 0 Å². The smallest absolute Gasteiger partial charge is 0.829 e. The summed E-state index contributed by atoms with van der Waals surface area (Å²) in [4.78, 5) is 41.1. The van der Waals surface area contributed by atoms with Gasteiger partial charge in [0, 0.05) is 6.23 Å². The Labute approximate surface area is 212 Å². The second-order valence-corrected chi connectivity index (χ2v) is 11.1. The summed E-state index contributed by atoms with van der Waals surface area (Å²) in [5.41, 5.74) is 5.68. The number of hydrogen-bond donors (Lipinski definition) is 7. The number of hydrogen-bond acceptors (Lipinski definition) is 14. The molecule has 8 N–H and O–H groups in total. The molecular formula is C11H19N5NaO14P3. The minimum Gasteiger partial charge on any atom is -0.829 e. The minimum atomic E-state index is -5.81. The molecule has 34 heavy (non-hydrogen) atoms. The Hall–Kier alpha value is -0.270. The summed E-state index contributed by atoms with van der Waals surface area (Å²) in [6, 6.07) is 0. The van der Waals surface area contributed by atoms with Crippen LogP contribution >= 0.6 is 23.5 Å². The van der Waals surface area contributed by atoms with Crippen LogP contribution in [0.5, 0.6) is 0 Å². The molecule has 19 nitrogen and oxygen atoms in total. The fourth-order valence-electron chi connectivity index (χ4n) is 3.12. The van der Waals surface area contributed by atoms with Gasteiger partial charge in [-0.3, -0.25) is 13.7 Å². The Morgan fingerprint density at radius 3 is 2.44 bits per heavy atom. The SMILES string of the molecule is Cn1c[n+]([C@@H]2O[C@H](COP(=O)(O)OP(=O)(O)OP(=O)([O-])O)[C@@H](O)[C@H]2O)c2c1C([O-])N=C(N)N2.[Na+]. The van der Waals surface area contributed by atoms with E-state index >= 15 is 0 Å². The fraction of sp³-hybridized carbons (Fsp3) is 0.636. The standard InChI is InChI=1S/C11H20N5O14P3.Na/c1-15-3-16(8-5(15)9(19)14-11(12)13-8)10-7(18)6(17)4(28-10)2-27-32(23,24)30-33(25,26)29-31(20,21)22;/h3-4,6-7,9-10,17-18H,2H2,1H3,(H,23,24)(H,25,26)(H3,12,13,14)(H2,20,21,22);/q;+1/p-1/t4-,6-,7-,9?,10-;/m1./s1. The van der Waals surface area contributed by atoms with E-state index in [2.05, 4.69) is 23.5 Å². The maximum Gasteiger partial charge on any atom is 1.00 e. The van der Waals surface area contributed by atoms with Crippen LogP contribution in [0.1, 0.15) is 18.1 Å². The number of aliphatic hydroxyl groups excluding tert-OH is 2. The predicted octanol–water partition coefficient (Wildman–Crippen LogP) is -7.25. The monoisotopic (exact) mass is 561 g/mol. The average molecular weight is 561 g/mol. The first kappa shape index (κ1) is 30.0. The molecular weight excluding hydrogens is 542 g/mol. The number of phosphoric acid groups is 3. The van der Waals surface area contributed by atoms with Gasteiger partial charge < -0.3 is 45.4 Å². The second kappa shape index (κ2) is 10.6. The Bertz CT molecular complexity index is 1090. The third-order valence-electron chi connectivity index (χ3n) is 4.34. The Morgan fingerprint density at radius 1 is 1.24 bits per heavy atom. The van der Waals surface area contributed by atoms with Crippen LogP contribution in [0.3, 0.4) is 0 Å². The van der Waals surface area contributed by atoms with Gasteiger partial charge in [-0.05, 0) is 0 Å². The summed E-state index contributed by atoms with van der Waals surface area (Å²) in [6.45, 7) is -1.01. The molecule has 3 heterocycles. The Kier molecular flexibility index (Phi) is 9.35. The number of nitrogens with one attached hydrogen (secondary N) is 1. The molecule has 2 aliphatic heterocycles. The molecule has 1 aromatic heterocycles. The van der Waals surface area contributed by atoms with E-state index in [9.17, 15) is 38.8 Å². The summed E-state index contributed by atoms with van der Waals surface area (Å²) in [6.07, 6.45) is -6.52. The number of aromatic nitrogens is 2. The van der Waals surface area contributed by atoms with Crippen molar-refractivity contribution in [3.05, 3.63) is 12.0 Å². The summed E-state index contributed by atoms with van der Waals surface area (Å²) in [7, 11) is -15.6. The molecule has 0 bridgehead atoms. The normalized spacial score (nSPS) is 31.8. The van der Waals surface area contributed by atoms with Crippen LogP contribution in [0.15, 0.2) is 11.3 Å². The van der Waals surface area contributed by atoms with Crippen molar-refractivity contribution in [3.63, 3.8) is 0 Å². The summed E-state index contributed by atoms with van der Waals surface area (Å²) in [5, 5.41) is 35.4. The number of ether oxygens (including phenoxy) is 1. The van der Waals surface area contributed by atoms with Gasteiger partial charge in [-0.2, -0.15) is 4.31 Å². The van der Waals surface area contributed by atoms with Gasteiger partial charge in [-0.15, -0.1) is 0 Å². The number of nitrogens with two attached hydrogens (primary N) is 1. The number of rotatable bonds is 8. The molecule has 2 aliphatic rings. The van der Waals surface area contributed by atoms with Crippen molar-refractivity contribution in [1.29, 1.82) is 0 Å². The average Bonchev–Trinajstić information content (AvgIpc) is 3.07. The Balaban J connectivity index is 0.00000408. The quantitative estimate of drug-likeness (QED) is 0.0881. The molecule has 1 fully saturated rings. The number of aliphatic hydroxyl groups is 2. The maximum absolute atomic E-state index is 12.2. The van der Waals surface area contributed by atoms with Gasteiger partial charge in [0.1, 0.15) is 18.3 Å². The van der Waals surface area contributed by atoms with E-state index < -0.39 is 60.8 Å². The number of phosphoric ester groups is 1. The summed E-state index contributed by atoms with van der Waals surface area (Å²) < 4.78 is 53.1. The fourth-order valence-corrected chi connectivity index (χ4v) is 6.12. The predicted molar refractivity (Wildman–Crippen MR) is 97.1 cm³/mol.